The molecule has 2 N–H and O–H groups in total. The van der Waals surface area contributed by atoms with E-state index in [0.717, 1.165) is 12.8 Å². The number of carboxylic acid groups (broad SMARTS) is 1. The van der Waals surface area contributed by atoms with Gasteiger partial charge in [-0.25, -0.2) is 9.48 Å². The smallest absolute Gasteiger partial charge is 0.358 e. The van der Waals surface area contributed by atoms with Crippen molar-refractivity contribution in [2.75, 3.05) is 12.8 Å². The first kappa shape index (κ1) is 13.9. The summed E-state index contributed by atoms with van der Waals surface area (Å²) in [4.78, 5) is 22.4. The summed E-state index contributed by atoms with van der Waals surface area (Å²) in [6.07, 6.45) is 6.76. The van der Waals surface area contributed by atoms with E-state index in [1.807, 2.05) is 0 Å². The highest BCUT2D eigenvalue weighted by atomic mass is 32.2. The lowest BCUT2D eigenvalue weighted by molar-refractivity contribution is -0.122. The van der Waals surface area contributed by atoms with E-state index >= 15 is 0 Å². The fraction of sp³-hybridized carbons (Fsp3) is 0.636. The zero-order valence-electron chi connectivity index (χ0n) is 10.6. The summed E-state index contributed by atoms with van der Waals surface area (Å²) < 4.78 is 1.41. The van der Waals surface area contributed by atoms with Crippen LogP contribution in [0.3, 0.4) is 0 Å². The van der Waals surface area contributed by atoms with Crippen molar-refractivity contribution >= 4 is 23.6 Å². The molecular weight excluding hydrogens is 268 g/mol. The molecule has 1 aliphatic carbocycles. The lowest BCUT2D eigenvalue weighted by Gasteiger charge is -2.40. The molecule has 0 radical (unpaired) electrons. The number of hydrogen-bond acceptors (Lipinski definition) is 5. The summed E-state index contributed by atoms with van der Waals surface area (Å²) >= 11 is 1.79. The molecule has 104 valence electrons. The first-order valence-electron chi connectivity index (χ1n) is 6.00. The first-order valence-corrected chi connectivity index (χ1v) is 7.22. The molecule has 2 rings (SSSR count). The van der Waals surface area contributed by atoms with Gasteiger partial charge in [0.2, 0.25) is 5.91 Å². The van der Waals surface area contributed by atoms with Crippen molar-refractivity contribution in [2.24, 2.45) is 0 Å². The van der Waals surface area contributed by atoms with Crippen LogP contribution in [-0.2, 0) is 11.3 Å². The Kier molecular flexibility index (Phi) is 4.08. The summed E-state index contributed by atoms with van der Waals surface area (Å²) in [6, 6.07) is 0. The predicted octanol–water partition coefficient (Wildman–Crippen LogP) is 0.378. The zero-order chi connectivity index (χ0) is 13.9. The molecule has 1 amide bonds. The van der Waals surface area contributed by atoms with Crippen LogP contribution in [0.5, 0.6) is 0 Å². The Morgan fingerprint density at radius 1 is 1.58 bits per heavy atom. The van der Waals surface area contributed by atoms with Gasteiger partial charge in [-0.15, -0.1) is 5.10 Å². The van der Waals surface area contributed by atoms with Crippen molar-refractivity contribution in [3.05, 3.63) is 11.9 Å². The van der Waals surface area contributed by atoms with Crippen molar-refractivity contribution in [1.82, 2.24) is 20.3 Å². The molecule has 1 fully saturated rings. The van der Waals surface area contributed by atoms with Gasteiger partial charge in [0.15, 0.2) is 5.69 Å². The van der Waals surface area contributed by atoms with Crippen LogP contribution in [0, 0.1) is 0 Å². The van der Waals surface area contributed by atoms with Gasteiger partial charge in [0.05, 0.1) is 6.20 Å². The molecule has 0 aromatic carbocycles. The number of carbonyl (C=O) groups is 2. The molecule has 1 saturated carbocycles. The van der Waals surface area contributed by atoms with Gasteiger partial charge in [-0.1, -0.05) is 11.6 Å². The van der Waals surface area contributed by atoms with Gasteiger partial charge in [0, 0.05) is 11.3 Å². The number of hydrogen-bond donors (Lipinski definition) is 2. The number of carboxylic acids is 1. The molecule has 8 heteroatoms. The highest BCUT2D eigenvalue weighted by Gasteiger charge is 2.36. The largest absolute Gasteiger partial charge is 0.476 e. The molecule has 1 aromatic rings. The molecule has 0 spiro atoms. The minimum atomic E-state index is -1.15. The third-order valence-corrected chi connectivity index (χ3v) is 4.79. The lowest BCUT2D eigenvalue weighted by atomic mass is 9.84. The fourth-order valence-electron chi connectivity index (χ4n) is 1.96. The Bertz CT molecular complexity index is 479. The molecule has 1 aromatic heterocycles. The number of amides is 1. The van der Waals surface area contributed by atoms with Crippen LogP contribution in [0.4, 0.5) is 0 Å². The van der Waals surface area contributed by atoms with Gasteiger partial charge >= 0.3 is 5.97 Å². The van der Waals surface area contributed by atoms with Crippen molar-refractivity contribution < 1.29 is 14.7 Å². The Morgan fingerprint density at radius 3 is 2.79 bits per heavy atom. The molecule has 0 unspecified atom stereocenters. The van der Waals surface area contributed by atoms with Gasteiger partial charge in [0.25, 0.3) is 0 Å². The minimum absolute atomic E-state index is 0.00919. The summed E-state index contributed by atoms with van der Waals surface area (Å²) in [5.41, 5.74) is -0.160. The number of thioether (sulfide) groups is 1. The average molecular weight is 284 g/mol. The Balaban J connectivity index is 1.82. The van der Waals surface area contributed by atoms with Crippen LogP contribution in [-0.4, -0.2) is 49.5 Å². The molecule has 1 heterocycles. The number of aromatic nitrogens is 3. The first-order chi connectivity index (χ1) is 9.04. The standard InChI is InChI=1S/C11H16N4O3S/c1-19-11(3-2-4-11)7-12-9(16)6-15-5-8(10(17)18)13-14-15/h5H,2-4,6-7H2,1H3,(H,12,16)(H,17,18). The normalized spacial score (nSPS) is 16.7. The zero-order valence-corrected chi connectivity index (χ0v) is 11.4. The van der Waals surface area contributed by atoms with Gasteiger partial charge < -0.3 is 10.4 Å². The molecule has 1 aliphatic rings. The van der Waals surface area contributed by atoms with E-state index in [0.29, 0.717) is 6.54 Å². The molecule has 19 heavy (non-hydrogen) atoms. The number of rotatable bonds is 6. The van der Waals surface area contributed by atoms with Crippen molar-refractivity contribution in [2.45, 2.75) is 30.6 Å². The van der Waals surface area contributed by atoms with E-state index < -0.39 is 5.97 Å². The summed E-state index contributed by atoms with van der Waals surface area (Å²) in [7, 11) is 0. The summed E-state index contributed by atoms with van der Waals surface area (Å²) in [5, 5.41) is 18.6. The van der Waals surface area contributed by atoms with E-state index in [2.05, 4.69) is 21.9 Å². The maximum absolute atomic E-state index is 11.7. The average Bonchev–Trinajstić information content (AvgIpc) is 2.77. The van der Waals surface area contributed by atoms with E-state index in [1.165, 1.54) is 17.3 Å². The number of nitrogens with zero attached hydrogens (tertiary/aromatic N) is 3. The Morgan fingerprint density at radius 2 is 2.32 bits per heavy atom. The van der Waals surface area contributed by atoms with Crippen LogP contribution >= 0.6 is 11.8 Å². The topological polar surface area (TPSA) is 97.1 Å². The van der Waals surface area contributed by atoms with Gasteiger partial charge in [0.1, 0.15) is 6.54 Å². The van der Waals surface area contributed by atoms with Crippen molar-refractivity contribution in [1.29, 1.82) is 0 Å². The van der Waals surface area contributed by atoms with Crippen molar-refractivity contribution in [3.8, 4) is 0 Å². The number of nitrogens with one attached hydrogen (secondary N) is 1. The molecule has 7 nitrogen and oxygen atoms in total. The summed E-state index contributed by atoms with van der Waals surface area (Å²) in [5.74, 6) is -1.33. The maximum atomic E-state index is 11.7. The monoisotopic (exact) mass is 284 g/mol. The minimum Gasteiger partial charge on any atom is -0.476 e. The molecule has 0 atom stereocenters. The van der Waals surface area contributed by atoms with Gasteiger partial charge in [-0.05, 0) is 19.1 Å². The van der Waals surface area contributed by atoms with Crippen LogP contribution in [0.2, 0.25) is 0 Å². The van der Waals surface area contributed by atoms with E-state index in [4.69, 9.17) is 5.11 Å². The van der Waals surface area contributed by atoms with Crippen LogP contribution in [0.25, 0.3) is 0 Å². The van der Waals surface area contributed by atoms with Crippen LogP contribution in [0.15, 0.2) is 6.20 Å². The quantitative estimate of drug-likeness (QED) is 0.783. The van der Waals surface area contributed by atoms with E-state index in [9.17, 15) is 9.59 Å². The fourth-order valence-corrected chi connectivity index (χ4v) is 2.87. The number of aromatic carboxylic acids is 1. The second-order valence-corrected chi connectivity index (χ2v) is 5.90. The maximum Gasteiger partial charge on any atom is 0.358 e. The molecular formula is C11H16N4O3S. The lowest BCUT2D eigenvalue weighted by Crippen LogP contribution is -2.45. The second kappa shape index (κ2) is 5.60. The summed E-state index contributed by atoms with van der Waals surface area (Å²) in [6.45, 7) is 0.637. The highest BCUT2D eigenvalue weighted by Crippen LogP contribution is 2.42. The number of carbonyl (C=O) groups excluding carboxylic acids is 1. The van der Waals surface area contributed by atoms with E-state index in [1.54, 1.807) is 11.8 Å². The third kappa shape index (κ3) is 3.25. The van der Waals surface area contributed by atoms with Crippen LogP contribution < -0.4 is 5.32 Å². The Labute approximate surface area is 114 Å². The predicted molar refractivity (Wildman–Crippen MR) is 70.1 cm³/mol. The molecule has 0 bridgehead atoms. The molecule has 0 saturated heterocycles. The second-order valence-electron chi connectivity index (χ2n) is 4.62. The van der Waals surface area contributed by atoms with Gasteiger partial charge in [-0.3, -0.25) is 4.79 Å². The highest BCUT2D eigenvalue weighted by molar-refractivity contribution is 8.00. The van der Waals surface area contributed by atoms with E-state index in [-0.39, 0.29) is 22.9 Å². The Hall–Kier alpha value is -1.57. The third-order valence-electron chi connectivity index (χ3n) is 3.37. The van der Waals surface area contributed by atoms with Crippen molar-refractivity contribution in [3.63, 3.8) is 0 Å². The van der Waals surface area contributed by atoms with Gasteiger partial charge in [-0.2, -0.15) is 11.8 Å². The molecule has 0 aliphatic heterocycles. The SMILES string of the molecule is CSC1(CNC(=O)Cn2cc(C(=O)O)nn2)CCC1. The van der Waals surface area contributed by atoms with Crippen LogP contribution in [0.1, 0.15) is 29.8 Å².